The van der Waals surface area contributed by atoms with E-state index < -0.39 is 0 Å². The fourth-order valence-corrected chi connectivity index (χ4v) is 1.84. The molecule has 0 unspecified atom stereocenters. The van der Waals surface area contributed by atoms with Gasteiger partial charge in [0.25, 0.3) is 0 Å². The Morgan fingerprint density at radius 1 is 1.47 bits per heavy atom. The van der Waals surface area contributed by atoms with Crippen molar-refractivity contribution in [3.05, 3.63) is 5.82 Å². The van der Waals surface area contributed by atoms with Crippen LogP contribution in [0.5, 0.6) is 0 Å². The third kappa shape index (κ3) is 3.41. The zero-order valence-corrected chi connectivity index (χ0v) is 10.5. The van der Waals surface area contributed by atoms with E-state index >= 15 is 0 Å². The molecule has 0 amide bonds. The number of anilines is 1. The largest absolute Gasteiger partial charge is 0.371 e. The number of ether oxygens (including phenoxy) is 1. The summed E-state index contributed by atoms with van der Waals surface area (Å²) in [6.45, 7) is 6.36. The normalized spacial score (nSPS) is 18.0. The predicted molar refractivity (Wildman–Crippen MR) is 65.7 cm³/mol. The molecule has 1 aliphatic heterocycles. The van der Waals surface area contributed by atoms with Gasteiger partial charge in [-0.3, -0.25) is 5.10 Å². The SMILES string of the molecule is CC(C)OCc1nc(N2CCC(N)CC2)n[nH]1. The smallest absolute Gasteiger partial charge is 0.244 e. The van der Waals surface area contributed by atoms with Crippen molar-refractivity contribution in [2.45, 2.75) is 45.4 Å². The Kier molecular flexibility index (Phi) is 3.96. The van der Waals surface area contributed by atoms with Crippen LogP contribution in [0.3, 0.4) is 0 Å². The Bertz CT molecular complexity index is 343. The summed E-state index contributed by atoms with van der Waals surface area (Å²) in [5.74, 6) is 1.54. The molecule has 0 saturated carbocycles. The molecule has 2 rings (SSSR count). The van der Waals surface area contributed by atoms with Crippen molar-refractivity contribution >= 4 is 5.95 Å². The van der Waals surface area contributed by atoms with E-state index in [1.54, 1.807) is 0 Å². The summed E-state index contributed by atoms with van der Waals surface area (Å²) in [5, 5.41) is 7.12. The van der Waals surface area contributed by atoms with Gasteiger partial charge in [-0.05, 0) is 26.7 Å². The Hall–Kier alpha value is -1.14. The number of hydrogen-bond donors (Lipinski definition) is 2. The van der Waals surface area contributed by atoms with E-state index in [1.807, 2.05) is 13.8 Å². The maximum Gasteiger partial charge on any atom is 0.244 e. The lowest BCUT2D eigenvalue weighted by molar-refractivity contribution is 0.0615. The highest BCUT2D eigenvalue weighted by Crippen LogP contribution is 2.15. The van der Waals surface area contributed by atoms with Crippen molar-refractivity contribution in [2.24, 2.45) is 5.73 Å². The van der Waals surface area contributed by atoms with E-state index in [2.05, 4.69) is 20.1 Å². The summed E-state index contributed by atoms with van der Waals surface area (Å²) >= 11 is 0. The summed E-state index contributed by atoms with van der Waals surface area (Å²) < 4.78 is 5.47. The topological polar surface area (TPSA) is 80.1 Å². The van der Waals surface area contributed by atoms with E-state index in [9.17, 15) is 0 Å². The molecule has 0 aliphatic carbocycles. The van der Waals surface area contributed by atoms with Crippen LogP contribution in [0.4, 0.5) is 5.95 Å². The Labute approximate surface area is 102 Å². The van der Waals surface area contributed by atoms with Crippen LogP contribution in [0.1, 0.15) is 32.5 Å². The first kappa shape index (κ1) is 12.3. The van der Waals surface area contributed by atoms with E-state index in [0.29, 0.717) is 12.6 Å². The lowest BCUT2D eigenvalue weighted by atomic mass is 10.1. The quantitative estimate of drug-likeness (QED) is 0.806. The summed E-state index contributed by atoms with van der Waals surface area (Å²) in [5.41, 5.74) is 5.87. The zero-order valence-electron chi connectivity index (χ0n) is 10.5. The van der Waals surface area contributed by atoms with Gasteiger partial charge in [0, 0.05) is 19.1 Å². The molecular weight excluding hydrogens is 218 g/mol. The summed E-state index contributed by atoms with van der Waals surface area (Å²) in [4.78, 5) is 6.59. The molecule has 1 aromatic heterocycles. The second-order valence-electron chi connectivity index (χ2n) is 4.77. The Balaban J connectivity index is 1.89. The van der Waals surface area contributed by atoms with E-state index in [4.69, 9.17) is 10.5 Å². The minimum Gasteiger partial charge on any atom is -0.371 e. The average molecular weight is 239 g/mol. The van der Waals surface area contributed by atoms with Crippen molar-refractivity contribution in [3.63, 3.8) is 0 Å². The molecule has 1 fully saturated rings. The highest BCUT2D eigenvalue weighted by molar-refractivity contribution is 5.29. The fourth-order valence-electron chi connectivity index (χ4n) is 1.84. The monoisotopic (exact) mass is 239 g/mol. The van der Waals surface area contributed by atoms with Crippen LogP contribution in [-0.2, 0) is 11.3 Å². The molecule has 17 heavy (non-hydrogen) atoms. The van der Waals surface area contributed by atoms with Gasteiger partial charge in [0.05, 0.1) is 6.10 Å². The third-order valence-electron chi connectivity index (χ3n) is 2.90. The van der Waals surface area contributed by atoms with Gasteiger partial charge in [-0.1, -0.05) is 0 Å². The lowest BCUT2D eigenvalue weighted by Gasteiger charge is -2.28. The van der Waals surface area contributed by atoms with Crippen LogP contribution in [0.15, 0.2) is 0 Å². The number of H-pyrrole nitrogens is 1. The first-order chi connectivity index (χ1) is 8.15. The van der Waals surface area contributed by atoms with Crippen LogP contribution in [-0.4, -0.2) is 40.4 Å². The van der Waals surface area contributed by atoms with Crippen molar-refractivity contribution in [1.29, 1.82) is 0 Å². The van der Waals surface area contributed by atoms with Gasteiger partial charge in [-0.15, -0.1) is 5.10 Å². The number of nitrogens with zero attached hydrogens (tertiary/aromatic N) is 3. The number of hydrogen-bond acceptors (Lipinski definition) is 5. The van der Waals surface area contributed by atoms with Crippen LogP contribution in [0, 0.1) is 0 Å². The highest BCUT2D eigenvalue weighted by Gasteiger charge is 2.19. The second kappa shape index (κ2) is 5.46. The number of piperidine rings is 1. The van der Waals surface area contributed by atoms with Crippen molar-refractivity contribution in [3.8, 4) is 0 Å². The zero-order chi connectivity index (χ0) is 12.3. The average Bonchev–Trinajstić information content (AvgIpc) is 2.76. The number of rotatable bonds is 4. The van der Waals surface area contributed by atoms with Crippen LogP contribution < -0.4 is 10.6 Å². The number of nitrogens with one attached hydrogen (secondary N) is 1. The van der Waals surface area contributed by atoms with Crippen molar-refractivity contribution in [1.82, 2.24) is 15.2 Å². The van der Waals surface area contributed by atoms with E-state index in [-0.39, 0.29) is 6.10 Å². The van der Waals surface area contributed by atoms with Crippen LogP contribution in [0.25, 0.3) is 0 Å². The summed E-state index contributed by atoms with van der Waals surface area (Å²) in [6.07, 6.45) is 2.22. The molecule has 0 bridgehead atoms. The number of nitrogens with two attached hydrogens (primary N) is 1. The van der Waals surface area contributed by atoms with Gasteiger partial charge in [0.1, 0.15) is 6.61 Å². The maximum atomic E-state index is 5.87. The predicted octanol–water partition coefficient (Wildman–Crippen LogP) is 0.657. The molecule has 96 valence electrons. The van der Waals surface area contributed by atoms with Crippen LogP contribution in [0.2, 0.25) is 0 Å². The van der Waals surface area contributed by atoms with Crippen LogP contribution >= 0.6 is 0 Å². The van der Waals surface area contributed by atoms with Crippen molar-refractivity contribution < 1.29 is 4.74 Å². The van der Waals surface area contributed by atoms with Gasteiger partial charge in [0.15, 0.2) is 5.82 Å². The standard InChI is InChI=1S/C11H21N5O/c1-8(2)17-7-10-13-11(15-14-10)16-5-3-9(12)4-6-16/h8-9H,3-7,12H2,1-2H3,(H,13,14,15). The molecule has 1 saturated heterocycles. The van der Waals surface area contributed by atoms with Gasteiger partial charge in [-0.25, -0.2) is 0 Å². The molecule has 0 spiro atoms. The first-order valence-electron chi connectivity index (χ1n) is 6.18. The molecule has 2 heterocycles. The molecule has 0 aromatic carbocycles. The molecule has 1 aromatic rings. The van der Waals surface area contributed by atoms with E-state index in [0.717, 1.165) is 37.7 Å². The highest BCUT2D eigenvalue weighted by atomic mass is 16.5. The third-order valence-corrected chi connectivity index (χ3v) is 2.90. The maximum absolute atomic E-state index is 5.87. The Morgan fingerprint density at radius 2 is 2.18 bits per heavy atom. The molecule has 6 heteroatoms. The second-order valence-corrected chi connectivity index (χ2v) is 4.77. The van der Waals surface area contributed by atoms with Gasteiger partial charge in [-0.2, -0.15) is 4.98 Å². The molecule has 0 radical (unpaired) electrons. The molecule has 0 atom stereocenters. The molecular formula is C11H21N5O. The summed E-state index contributed by atoms with van der Waals surface area (Å²) in [6, 6.07) is 0.328. The van der Waals surface area contributed by atoms with Crippen molar-refractivity contribution in [2.75, 3.05) is 18.0 Å². The first-order valence-corrected chi connectivity index (χ1v) is 6.18. The molecule has 1 aliphatic rings. The minimum absolute atomic E-state index is 0.205. The number of aromatic amines is 1. The summed E-state index contributed by atoms with van der Waals surface area (Å²) in [7, 11) is 0. The molecule has 3 N–H and O–H groups in total. The Morgan fingerprint density at radius 3 is 2.82 bits per heavy atom. The fraction of sp³-hybridized carbons (Fsp3) is 0.818. The molecule has 6 nitrogen and oxygen atoms in total. The van der Waals surface area contributed by atoms with Gasteiger partial charge < -0.3 is 15.4 Å². The van der Waals surface area contributed by atoms with Gasteiger partial charge in [0.2, 0.25) is 5.95 Å². The van der Waals surface area contributed by atoms with Gasteiger partial charge >= 0.3 is 0 Å². The number of aromatic nitrogens is 3. The van der Waals surface area contributed by atoms with E-state index in [1.165, 1.54) is 0 Å². The lowest BCUT2D eigenvalue weighted by Crippen LogP contribution is -2.40. The minimum atomic E-state index is 0.205.